The van der Waals surface area contributed by atoms with Crippen LogP contribution in [-0.4, -0.2) is 34.8 Å². The molecule has 2 rings (SSSR count). The van der Waals surface area contributed by atoms with Crippen molar-refractivity contribution in [1.82, 2.24) is 9.97 Å². The van der Waals surface area contributed by atoms with Gasteiger partial charge in [0, 0.05) is 0 Å². The number of hydrogen-bond donors (Lipinski definition) is 2. The lowest BCUT2D eigenvalue weighted by atomic mass is 10.1. The molecule has 0 saturated carbocycles. The zero-order valence-corrected chi connectivity index (χ0v) is 12.9. The van der Waals surface area contributed by atoms with Crippen LogP contribution in [0.5, 0.6) is 11.5 Å². The second kappa shape index (κ2) is 6.66. The largest absolute Gasteiger partial charge is 0.492 e. The van der Waals surface area contributed by atoms with E-state index in [9.17, 15) is 14.0 Å². The molecule has 0 aliphatic rings. The monoisotopic (exact) mass is 342 g/mol. The number of hydrogen-bond acceptors (Lipinski definition) is 5. The van der Waals surface area contributed by atoms with Crippen molar-refractivity contribution in [2.75, 3.05) is 13.7 Å². The second-order valence-corrected chi connectivity index (χ2v) is 4.68. The Morgan fingerprint density at radius 1 is 1.43 bits per heavy atom. The number of H-pyrrole nitrogens is 1. The molecule has 1 heterocycles. The van der Waals surface area contributed by atoms with Crippen molar-refractivity contribution >= 4 is 17.6 Å². The molecule has 0 spiro atoms. The average Bonchev–Trinajstić information content (AvgIpc) is 2.49. The van der Waals surface area contributed by atoms with Crippen molar-refractivity contribution in [1.29, 1.82) is 0 Å². The summed E-state index contributed by atoms with van der Waals surface area (Å²) in [5, 5.41) is 9.20. The maximum Gasteiger partial charge on any atom is 0.358 e. The minimum Gasteiger partial charge on any atom is -0.492 e. The number of aromatic carboxylic acids is 1. The number of aromatic amines is 1. The minimum atomic E-state index is -1.47. The molecule has 0 amide bonds. The van der Waals surface area contributed by atoms with Crippen LogP contribution in [0, 0.1) is 5.82 Å². The first kappa shape index (κ1) is 16.8. The molecule has 1 aromatic carbocycles. The summed E-state index contributed by atoms with van der Waals surface area (Å²) >= 11 is 5.80. The molecule has 2 N–H and O–H groups in total. The van der Waals surface area contributed by atoms with Gasteiger partial charge in [0.2, 0.25) is 5.75 Å². The van der Waals surface area contributed by atoms with Crippen LogP contribution in [0.15, 0.2) is 16.9 Å². The van der Waals surface area contributed by atoms with Crippen molar-refractivity contribution in [3.05, 3.63) is 39.0 Å². The first-order valence-corrected chi connectivity index (χ1v) is 6.81. The Bertz CT molecular complexity index is 822. The van der Waals surface area contributed by atoms with Gasteiger partial charge in [-0.05, 0) is 19.1 Å². The topological polar surface area (TPSA) is 102 Å². The van der Waals surface area contributed by atoms with Gasteiger partial charge in [-0.15, -0.1) is 0 Å². The van der Waals surface area contributed by atoms with Gasteiger partial charge in [0.05, 0.1) is 24.3 Å². The van der Waals surface area contributed by atoms with E-state index in [1.54, 1.807) is 6.92 Å². The van der Waals surface area contributed by atoms with E-state index < -0.39 is 28.8 Å². The van der Waals surface area contributed by atoms with E-state index in [0.29, 0.717) is 0 Å². The summed E-state index contributed by atoms with van der Waals surface area (Å²) in [6.45, 7) is 1.66. The van der Waals surface area contributed by atoms with Crippen LogP contribution >= 0.6 is 11.6 Å². The molecule has 1 aromatic heterocycles. The van der Waals surface area contributed by atoms with Gasteiger partial charge in [0.25, 0.3) is 5.56 Å². The van der Waals surface area contributed by atoms with Gasteiger partial charge in [-0.2, -0.15) is 0 Å². The highest BCUT2D eigenvalue weighted by molar-refractivity contribution is 6.32. The molecule has 0 atom stereocenters. The summed E-state index contributed by atoms with van der Waals surface area (Å²) < 4.78 is 24.2. The van der Waals surface area contributed by atoms with Gasteiger partial charge in [-0.3, -0.25) is 4.79 Å². The number of halogens is 2. The highest BCUT2D eigenvalue weighted by Gasteiger charge is 2.22. The number of carbonyl (C=O) groups is 1. The summed E-state index contributed by atoms with van der Waals surface area (Å²) in [4.78, 5) is 29.3. The van der Waals surface area contributed by atoms with Crippen molar-refractivity contribution in [2.45, 2.75) is 6.92 Å². The SMILES string of the molecule is CCOc1c(C(=O)O)nc(-c2ccc(Cl)c(OC)c2F)[nH]c1=O. The Kier molecular flexibility index (Phi) is 4.85. The third-order valence-corrected chi connectivity index (χ3v) is 3.17. The van der Waals surface area contributed by atoms with E-state index in [0.717, 1.165) is 0 Å². The zero-order valence-electron chi connectivity index (χ0n) is 12.1. The molecule has 2 aromatic rings. The van der Waals surface area contributed by atoms with E-state index in [1.165, 1.54) is 19.2 Å². The van der Waals surface area contributed by atoms with Gasteiger partial charge in [0.1, 0.15) is 5.82 Å². The molecule has 122 valence electrons. The lowest BCUT2D eigenvalue weighted by molar-refractivity contribution is 0.0685. The summed E-state index contributed by atoms with van der Waals surface area (Å²) in [7, 11) is 1.23. The second-order valence-electron chi connectivity index (χ2n) is 4.27. The van der Waals surface area contributed by atoms with Gasteiger partial charge < -0.3 is 19.6 Å². The van der Waals surface area contributed by atoms with Crippen LogP contribution in [0.2, 0.25) is 5.02 Å². The van der Waals surface area contributed by atoms with Crippen LogP contribution in [0.1, 0.15) is 17.4 Å². The summed E-state index contributed by atoms with van der Waals surface area (Å²) in [5.74, 6) is -3.29. The third-order valence-electron chi connectivity index (χ3n) is 2.88. The number of aromatic nitrogens is 2. The standard InChI is InChI=1S/C14H12ClFN2O5/c1-3-23-11-9(14(20)21)17-12(18-13(11)19)6-4-5-7(15)10(22-2)8(6)16/h4-5H,3H2,1-2H3,(H,20,21)(H,17,18,19). The van der Waals surface area contributed by atoms with Gasteiger partial charge in [-0.25, -0.2) is 14.2 Å². The Morgan fingerprint density at radius 2 is 2.13 bits per heavy atom. The molecule has 0 unspecified atom stereocenters. The molecule has 0 fully saturated rings. The van der Waals surface area contributed by atoms with Crippen molar-refractivity contribution < 1.29 is 23.8 Å². The highest BCUT2D eigenvalue weighted by atomic mass is 35.5. The van der Waals surface area contributed by atoms with Crippen LogP contribution in [0.4, 0.5) is 4.39 Å². The quantitative estimate of drug-likeness (QED) is 0.864. The Hall–Kier alpha value is -2.61. The number of ether oxygens (including phenoxy) is 2. The molecule has 0 aliphatic carbocycles. The third kappa shape index (κ3) is 3.11. The summed E-state index contributed by atoms with van der Waals surface area (Å²) in [6.07, 6.45) is 0. The maximum atomic E-state index is 14.4. The van der Waals surface area contributed by atoms with Crippen molar-refractivity contribution in [3.8, 4) is 22.9 Å². The fraction of sp³-hybridized carbons (Fsp3) is 0.214. The van der Waals surface area contributed by atoms with Gasteiger partial charge in [0.15, 0.2) is 17.3 Å². The predicted molar refractivity (Wildman–Crippen MR) is 79.9 cm³/mol. The average molecular weight is 343 g/mol. The lowest BCUT2D eigenvalue weighted by Gasteiger charge is -2.11. The molecule has 0 bridgehead atoms. The minimum absolute atomic E-state index is 0.0282. The van der Waals surface area contributed by atoms with Gasteiger partial charge >= 0.3 is 5.97 Å². The number of nitrogens with zero attached hydrogens (tertiary/aromatic N) is 1. The Balaban J connectivity index is 2.71. The first-order chi connectivity index (χ1) is 10.9. The molecular weight excluding hydrogens is 331 g/mol. The number of carboxylic acid groups (broad SMARTS) is 1. The van der Waals surface area contributed by atoms with E-state index in [1.807, 2.05) is 0 Å². The van der Waals surface area contributed by atoms with E-state index in [2.05, 4.69) is 9.97 Å². The molecule has 7 nitrogen and oxygen atoms in total. The van der Waals surface area contributed by atoms with E-state index in [-0.39, 0.29) is 28.8 Å². The highest BCUT2D eigenvalue weighted by Crippen LogP contribution is 2.33. The lowest BCUT2D eigenvalue weighted by Crippen LogP contribution is -2.19. The maximum absolute atomic E-state index is 14.4. The van der Waals surface area contributed by atoms with E-state index >= 15 is 0 Å². The summed E-state index contributed by atoms with van der Waals surface area (Å²) in [6, 6.07) is 2.60. The van der Waals surface area contributed by atoms with Crippen LogP contribution in [-0.2, 0) is 0 Å². The molecule has 23 heavy (non-hydrogen) atoms. The Morgan fingerprint density at radius 3 is 2.70 bits per heavy atom. The van der Waals surface area contributed by atoms with E-state index in [4.69, 9.17) is 26.2 Å². The molecule has 0 aliphatic heterocycles. The van der Waals surface area contributed by atoms with Gasteiger partial charge in [-0.1, -0.05) is 11.6 Å². The fourth-order valence-electron chi connectivity index (χ4n) is 1.92. The van der Waals surface area contributed by atoms with Crippen molar-refractivity contribution in [2.24, 2.45) is 0 Å². The zero-order chi connectivity index (χ0) is 17.1. The number of carboxylic acids is 1. The smallest absolute Gasteiger partial charge is 0.358 e. The fourth-order valence-corrected chi connectivity index (χ4v) is 2.14. The number of methoxy groups -OCH3 is 1. The molecular formula is C14H12ClFN2O5. The number of nitrogens with one attached hydrogen (secondary N) is 1. The predicted octanol–water partition coefficient (Wildman–Crippen LogP) is 2.33. The Labute approximate surface area is 134 Å². The van der Waals surface area contributed by atoms with Crippen LogP contribution < -0.4 is 15.0 Å². The number of benzene rings is 1. The number of rotatable bonds is 5. The molecule has 0 radical (unpaired) electrons. The molecule has 9 heteroatoms. The molecule has 0 saturated heterocycles. The summed E-state index contributed by atoms with van der Waals surface area (Å²) in [5.41, 5.74) is -1.60. The van der Waals surface area contributed by atoms with Crippen LogP contribution in [0.25, 0.3) is 11.4 Å². The first-order valence-electron chi connectivity index (χ1n) is 6.43. The van der Waals surface area contributed by atoms with Crippen molar-refractivity contribution in [3.63, 3.8) is 0 Å². The van der Waals surface area contributed by atoms with Crippen LogP contribution in [0.3, 0.4) is 0 Å². The normalized spacial score (nSPS) is 10.4.